The topological polar surface area (TPSA) is 264 Å². The number of methoxy groups -OCH3 is 2. The first-order valence-corrected chi connectivity index (χ1v) is 15.1. The summed E-state index contributed by atoms with van der Waals surface area (Å²) in [5, 5.41) is 9.81. The fraction of sp³-hybridized carbons (Fsp3) is 0.621. The number of hydrogen-bond acceptors (Lipinski definition) is 16. The number of aliphatic carboxylic acids is 1. The smallest absolute Gasteiger partial charge is 0.481 e. The number of carbonyl (C=O) groups excluding carboxylic acids is 10. The van der Waals surface area contributed by atoms with Gasteiger partial charge in [0.05, 0.1) is 35.9 Å². The van der Waals surface area contributed by atoms with Gasteiger partial charge in [0.25, 0.3) is 35.4 Å². The number of carboxylic acid groups (broad SMARTS) is 1. The number of amides is 6. The summed E-state index contributed by atoms with van der Waals surface area (Å²) >= 11 is 0. The number of nitrogens with zero attached hydrogens (tertiary/aromatic N) is 3. The first-order valence-electron chi connectivity index (χ1n) is 15.1. The van der Waals surface area contributed by atoms with Crippen molar-refractivity contribution in [2.24, 2.45) is 21.7 Å². The first kappa shape index (κ1) is 34.9. The van der Waals surface area contributed by atoms with Crippen molar-refractivity contribution in [3.8, 4) is 0 Å². The predicted octanol–water partition coefficient (Wildman–Crippen LogP) is -0.381. The number of rotatable bonds is 7. The van der Waals surface area contributed by atoms with E-state index in [9.17, 15) is 52.7 Å². The number of imide groups is 3. The van der Waals surface area contributed by atoms with E-state index in [4.69, 9.17) is 9.94 Å². The van der Waals surface area contributed by atoms with Crippen molar-refractivity contribution < 1.29 is 81.8 Å². The molecule has 6 saturated carbocycles. The van der Waals surface area contributed by atoms with Crippen LogP contribution in [0.2, 0.25) is 0 Å². The van der Waals surface area contributed by atoms with Gasteiger partial charge in [0.1, 0.15) is 0 Å². The molecule has 6 aliphatic carbocycles. The summed E-state index contributed by atoms with van der Waals surface area (Å²) < 4.78 is 9.27. The third-order valence-corrected chi connectivity index (χ3v) is 9.71. The average molecular weight is 694 g/mol. The van der Waals surface area contributed by atoms with Crippen molar-refractivity contribution in [2.45, 2.75) is 77.0 Å². The fourth-order valence-electron chi connectivity index (χ4n) is 7.20. The van der Waals surface area contributed by atoms with Crippen LogP contribution in [-0.2, 0) is 71.9 Å². The molecule has 0 aromatic rings. The molecule has 4 bridgehead atoms. The van der Waals surface area contributed by atoms with Crippen LogP contribution in [-0.4, -0.2) is 100.0 Å². The van der Waals surface area contributed by atoms with E-state index in [1.165, 1.54) is 14.2 Å². The number of carbonyl (C=O) groups is 11. The van der Waals surface area contributed by atoms with Crippen molar-refractivity contribution >= 4 is 65.5 Å². The Balaban J connectivity index is 0.000000147. The van der Waals surface area contributed by atoms with E-state index in [0.29, 0.717) is 43.6 Å². The van der Waals surface area contributed by atoms with Gasteiger partial charge in [-0.15, -0.1) is 5.06 Å². The van der Waals surface area contributed by atoms with Crippen LogP contribution in [0.25, 0.3) is 0 Å². The molecule has 0 radical (unpaired) electrons. The Labute approximate surface area is 275 Å². The summed E-state index contributed by atoms with van der Waals surface area (Å²) in [6.07, 6.45) is 0.971. The Kier molecular flexibility index (Phi) is 8.71. The van der Waals surface area contributed by atoms with Crippen molar-refractivity contribution in [3.05, 3.63) is 0 Å². The van der Waals surface area contributed by atoms with Gasteiger partial charge in [-0.1, -0.05) is 10.1 Å². The fourth-order valence-corrected chi connectivity index (χ4v) is 7.20. The molecule has 9 rings (SSSR count). The molecule has 0 aromatic heterocycles. The Morgan fingerprint density at radius 2 is 0.735 bits per heavy atom. The molecule has 3 heterocycles. The number of esters is 2. The molecule has 20 nitrogen and oxygen atoms in total. The SMILES string of the molecule is COC(=O)C12CC(C(=O)O)(C1)C2.COC(=O)C12CC(C(=O)ON3C(=O)CCC3=O)(C1)C2.O=C(ON1C(=O)CCC1=O)ON1C(=O)CCC1=O. The molecule has 0 atom stereocenters. The minimum atomic E-state index is -1.48. The highest BCUT2D eigenvalue weighted by Crippen LogP contribution is 2.74. The molecule has 9 aliphatic rings. The Hall–Kier alpha value is -5.43. The van der Waals surface area contributed by atoms with Gasteiger partial charge in [-0.25, -0.2) is 4.79 Å². The van der Waals surface area contributed by atoms with Crippen LogP contribution >= 0.6 is 0 Å². The van der Waals surface area contributed by atoms with Crippen LogP contribution in [0.5, 0.6) is 0 Å². The third-order valence-electron chi connectivity index (χ3n) is 9.71. The third kappa shape index (κ3) is 5.84. The highest BCUT2D eigenvalue weighted by atomic mass is 16.9. The second-order valence-electron chi connectivity index (χ2n) is 13.0. The largest absolute Gasteiger partial charge is 0.560 e. The molecular weight excluding hydrogens is 662 g/mol. The van der Waals surface area contributed by atoms with Gasteiger partial charge in [0, 0.05) is 38.5 Å². The van der Waals surface area contributed by atoms with Gasteiger partial charge in [0.2, 0.25) is 0 Å². The highest BCUT2D eigenvalue weighted by Gasteiger charge is 2.77. The lowest BCUT2D eigenvalue weighted by molar-refractivity contribution is -0.253. The summed E-state index contributed by atoms with van der Waals surface area (Å²) in [4.78, 5) is 137. The molecule has 9 fully saturated rings. The number of ether oxygens (including phenoxy) is 2. The molecule has 0 spiro atoms. The lowest BCUT2D eigenvalue weighted by atomic mass is 9.35. The minimum Gasteiger partial charge on any atom is -0.481 e. The van der Waals surface area contributed by atoms with Gasteiger partial charge < -0.3 is 19.4 Å². The Morgan fingerprint density at radius 1 is 0.469 bits per heavy atom. The van der Waals surface area contributed by atoms with Crippen LogP contribution in [0.1, 0.15) is 77.0 Å². The van der Waals surface area contributed by atoms with Gasteiger partial charge in [-0.2, -0.15) is 4.79 Å². The van der Waals surface area contributed by atoms with E-state index < -0.39 is 75.2 Å². The minimum absolute atomic E-state index is 0.0618. The molecule has 3 aliphatic heterocycles. The Morgan fingerprint density at radius 3 is 1.02 bits per heavy atom. The lowest BCUT2D eigenvalue weighted by Gasteiger charge is -2.65. The van der Waals surface area contributed by atoms with E-state index in [-0.39, 0.29) is 60.6 Å². The van der Waals surface area contributed by atoms with Crippen molar-refractivity contribution in [1.82, 2.24) is 15.2 Å². The van der Waals surface area contributed by atoms with Crippen molar-refractivity contribution in [3.63, 3.8) is 0 Å². The monoisotopic (exact) mass is 693 g/mol. The van der Waals surface area contributed by atoms with Crippen LogP contribution in [0, 0.1) is 21.7 Å². The summed E-state index contributed by atoms with van der Waals surface area (Å²) in [5.41, 5.74) is -2.26. The van der Waals surface area contributed by atoms with Gasteiger partial charge >= 0.3 is 30.0 Å². The van der Waals surface area contributed by atoms with Gasteiger partial charge in [-0.3, -0.25) is 52.8 Å². The zero-order valence-electron chi connectivity index (χ0n) is 26.3. The standard InChI is InChI=1S/C12H13NO6.C9H8N2O7.C8H10O4/c1-18-9(16)11-4-12(5-11,6-11)10(17)19-13-7(14)2-3-8(13)15;12-5-1-2-6(13)10(5)17-9(16)18-11-7(14)3-4-8(11)15;1-12-6(11)8-2-7(3-8,4-8)5(9)10/h2-6H2,1H3;1-4H2;2-4H2,1H3,(H,9,10). The summed E-state index contributed by atoms with van der Waals surface area (Å²) in [5.74, 6) is -5.64. The second-order valence-corrected chi connectivity index (χ2v) is 13.0. The van der Waals surface area contributed by atoms with Gasteiger partial charge in [0.15, 0.2) is 0 Å². The maximum Gasteiger partial charge on any atom is 0.560 e. The van der Waals surface area contributed by atoms with Crippen LogP contribution in [0.15, 0.2) is 0 Å². The predicted molar refractivity (Wildman–Crippen MR) is 146 cm³/mol. The molecule has 0 unspecified atom stereocenters. The summed E-state index contributed by atoms with van der Waals surface area (Å²) in [6, 6.07) is 0. The van der Waals surface area contributed by atoms with Crippen molar-refractivity contribution in [1.29, 1.82) is 0 Å². The summed E-state index contributed by atoms with van der Waals surface area (Å²) in [6.45, 7) is 0. The first-order chi connectivity index (χ1) is 23.0. The van der Waals surface area contributed by atoms with E-state index >= 15 is 0 Å². The van der Waals surface area contributed by atoms with Crippen LogP contribution in [0.4, 0.5) is 4.79 Å². The molecule has 20 heteroatoms. The average Bonchev–Trinajstić information content (AvgIpc) is 3.57. The molecule has 6 amide bonds. The molecule has 3 saturated heterocycles. The number of hydroxylamine groups is 6. The molecule has 0 aromatic carbocycles. The molecule has 49 heavy (non-hydrogen) atoms. The zero-order valence-corrected chi connectivity index (χ0v) is 26.3. The maximum absolute atomic E-state index is 12.0. The Bertz CT molecular complexity index is 1470. The molecule has 264 valence electrons. The quantitative estimate of drug-likeness (QED) is 0.263. The van der Waals surface area contributed by atoms with E-state index in [2.05, 4.69) is 19.1 Å². The number of hydrogen-bond donors (Lipinski definition) is 1. The van der Waals surface area contributed by atoms with Crippen LogP contribution < -0.4 is 0 Å². The van der Waals surface area contributed by atoms with E-state index in [1.807, 2.05) is 0 Å². The van der Waals surface area contributed by atoms with Gasteiger partial charge in [-0.05, 0) is 38.5 Å². The molecule has 1 N–H and O–H groups in total. The van der Waals surface area contributed by atoms with E-state index in [1.54, 1.807) is 0 Å². The second kappa shape index (κ2) is 12.2. The summed E-state index contributed by atoms with van der Waals surface area (Å²) in [7, 11) is 2.66. The normalized spacial score (nSPS) is 31.4. The maximum atomic E-state index is 12.0. The zero-order chi connectivity index (χ0) is 36.1. The number of carboxylic acids is 1. The lowest BCUT2D eigenvalue weighted by Crippen LogP contribution is -2.69. The van der Waals surface area contributed by atoms with E-state index in [0.717, 1.165) is 0 Å². The van der Waals surface area contributed by atoms with Crippen molar-refractivity contribution in [2.75, 3.05) is 14.2 Å². The van der Waals surface area contributed by atoms with Crippen LogP contribution in [0.3, 0.4) is 0 Å². The highest BCUT2D eigenvalue weighted by molar-refractivity contribution is 6.03. The molecular formula is C29H31N3O17.